The lowest BCUT2D eigenvalue weighted by Gasteiger charge is -2.29. The van der Waals surface area contributed by atoms with Crippen molar-refractivity contribution in [3.8, 4) is 11.1 Å². The Morgan fingerprint density at radius 2 is 2.06 bits per heavy atom. The third kappa shape index (κ3) is 3.45. The number of benzene rings is 3. The number of primary amides is 1. The quantitative estimate of drug-likeness (QED) is 0.397. The largest absolute Gasteiger partial charge is 0.396 e. The summed E-state index contributed by atoms with van der Waals surface area (Å²) in [6.07, 6.45) is 2.37. The molecule has 1 aliphatic rings. The zero-order valence-electron chi connectivity index (χ0n) is 18.5. The molecular weight excluding hydrogens is 433 g/mol. The van der Waals surface area contributed by atoms with Crippen molar-refractivity contribution in [1.82, 2.24) is 9.88 Å². The number of aliphatic hydroxyl groups excluding tert-OH is 1. The molecule has 0 bridgehead atoms. The van der Waals surface area contributed by atoms with Crippen molar-refractivity contribution >= 4 is 33.6 Å². The van der Waals surface area contributed by atoms with Crippen LogP contribution in [0, 0.1) is 5.82 Å². The molecule has 5 rings (SSSR count). The van der Waals surface area contributed by atoms with Gasteiger partial charge >= 0.3 is 0 Å². The lowest BCUT2D eigenvalue weighted by molar-refractivity contribution is -0.126. The Morgan fingerprint density at radius 1 is 1.24 bits per heavy atom. The van der Waals surface area contributed by atoms with Crippen molar-refractivity contribution in [2.75, 3.05) is 13.2 Å². The minimum absolute atomic E-state index is 0.0136. The van der Waals surface area contributed by atoms with E-state index < -0.39 is 11.7 Å². The lowest BCUT2D eigenvalue weighted by Crippen LogP contribution is -2.34. The van der Waals surface area contributed by atoms with E-state index in [1.54, 1.807) is 4.90 Å². The molecule has 0 saturated heterocycles. The molecular formula is C27H24FN3O3. The number of nitrogens with one attached hydrogen (secondary N) is 1. The highest BCUT2D eigenvalue weighted by molar-refractivity contribution is 6.20. The van der Waals surface area contributed by atoms with Gasteiger partial charge < -0.3 is 20.7 Å². The second-order valence-corrected chi connectivity index (χ2v) is 8.53. The van der Waals surface area contributed by atoms with E-state index in [4.69, 9.17) is 5.73 Å². The average Bonchev–Trinajstić information content (AvgIpc) is 3.21. The molecule has 0 radical (unpaired) electrons. The van der Waals surface area contributed by atoms with E-state index >= 15 is 4.39 Å². The maximum absolute atomic E-state index is 15.7. The number of H-pyrrole nitrogens is 1. The van der Waals surface area contributed by atoms with E-state index in [2.05, 4.69) is 11.6 Å². The van der Waals surface area contributed by atoms with Crippen molar-refractivity contribution in [1.29, 1.82) is 0 Å². The van der Waals surface area contributed by atoms with Crippen molar-refractivity contribution in [2.24, 2.45) is 5.73 Å². The number of hydrogen-bond donors (Lipinski definition) is 3. The van der Waals surface area contributed by atoms with E-state index in [1.807, 2.05) is 36.4 Å². The molecule has 0 fully saturated rings. The summed E-state index contributed by atoms with van der Waals surface area (Å²) in [6, 6.07) is 12.6. The van der Waals surface area contributed by atoms with E-state index in [1.165, 1.54) is 12.1 Å². The maximum Gasteiger partial charge on any atom is 0.250 e. The molecule has 0 spiro atoms. The number of aromatic nitrogens is 1. The number of halogens is 1. The van der Waals surface area contributed by atoms with Gasteiger partial charge in [-0.25, -0.2) is 4.39 Å². The van der Waals surface area contributed by atoms with E-state index in [9.17, 15) is 14.7 Å². The van der Waals surface area contributed by atoms with Crippen LogP contribution < -0.4 is 5.73 Å². The highest BCUT2D eigenvalue weighted by Gasteiger charge is 2.26. The van der Waals surface area contributed by atoms with Crippen molar-refractivity contribution in [2.45, 2.75) is 19.4 Å². The average molecular weight is 458 g/mol. The predicted octanol–water partition coefficient (Wildman–Crippen LogP) is 3.83. The molecule has 6 nitrogen and oxygen atoms in total. The fourth-order valence-electron chi connectivity index (χ4n) is 5.00. The van der Waals surface area contributed by atoms with Gasteiger partial charge in [0.2, 0.25) is 5.91 Å². The Bertz CT molecular complexity index is 1490. The molecule has 2 amide bonds. The number of fused-ring (bicyclic) bond motifs is 4. The van der Waals surface area contributed by atoms with Crippen LogP contribution >= 0.6 is 0 Å². The molecule has 4 N–H and O–H groups in total. The summed E-state index contributed by atoms with van der Waals surface area (Å²) in [5.41, 5.74) is 10.9. The first kappa shape index (κ1) is 21.9. The van der Waals surface area contributed by atoms with Gasteiger partial charge in [0.05, 0.1) is 11.1 Å². The molecule has 0 atom stereocenters. The first-order chi connectivity index (χ1) is 16.4. The normalized spacial score (nSPS) is 13.3. The lowest BCUT2D eigenvalue weighted by atomic mass is 9.87. The number of nitrogens with zero attached hydrogens (tertiary/aromatic N) is 1. The zero-order chi connectivity index (χ0) is 24.0. The van der Waals surface area contributed by atoms with E-state index in [0.717, 1.165) is 33.2 Å². The van der Waals surface area contributed by atoms with Crippen LogP contribution in [0.2, 0.25) is 0 Å². The Hall–Kier alpha value is -3.97. The highest BCUT2D eigenvalue weighted by atomic mass is 19.1. The van der Waals surface area contributed by atoms with Gasteiger partial charge in [-0.3, -0.25) is 9.59 Å². The molecule has 2 heterocycles. The number of aliphatic hydroxyl groups is 1. The summed E-state index contributed by atoms with van der Waals surface area (Å²) < 4.78 is 15.7. The number of nitrogens with two attached hydrogens (primary N) is 1. The van der Waals surface area contributed by atoms with Crippen LogP contribution in [0.3, 0.4) is 0 Å². The number of amides is 2. The van der Waals surface area contributed by atoms with Crippen LogP contribution in [0.1, 0.15) is 27.0 Å². The molecule has 0 unspecified atom stereocenters. The number of hydrogen-bond acceptors (Lipinski definition) is 3. The number of carbonyl (C=O) groups excluding carboxylic acids is 2. The first-order valence-electron chi connectivity index (χ1n) is 11.1. The number of aromatic amines is 1. The second-order valence-electron chi connectivity index (χ2n) is 8.53. The third-order valence-corrected chi connectivity index (χ3v) is 6.58. The summed E-state index contributed by atoms with van der Waals surface area (Å²) in [7, 11) is 0. The zero-order valence-corrected chi connectivity index (χ0v) is 18.5. The number of rotatable bonds is 5. The SMILES string of the molecule is C=CC(=O)N1CCc2c(cccc2-c2c(F)cc(C(N)=O)c3[nH]c4cc(CCO)ccc4c23)C1. The van der Waals surface area contributed by atoms with Gasteiger partial charge in [-0.2, -0.15) is 0 Å². The molecule has 172 valence electrons. The topological polar surface area (TPSA) is 99.4 Å². The van der Waals surface area contributed by atoms with E-state index in [0.29, 0.717) is 42.4 Å². The Labute approximate surface area is 195 Å². The Balaban J connectivity index is 1.78. The van der Waals surface area contributed by atoms with Crippen LogP contribution in [-0.4, -0.2) is 40.0 Å². The van der Waals surface area contributed by atoms with Crippen LogP contribution in [0.5, 0.6) is 0 Å². The van der Waals surface area contributed by atoms with Gasteiger partial charge in [0, 0.05) is 41.5 Å². The van der Waals surface area contributed by atoms with E-state index in [-0.39, 0.29) is 18.1 Å². The summed E-state index contributed by atoms with van der Waals surface area (Å²) in [4.78, 5) is 29.3. The number of carbonyl (C=O) groups is 2. The van der Waals surface area contributed by atoms with Crippen molar-refractivity contribution in [3.63, 3.8) is 0 Å². The Kier molecular flexibility index (Phi) is 5.42. The molecule has 7 heteroatoms. The predicted molar refractivity (Wildman–Crippen MR) is 130 cm³/mol. The molecule has 4 aromatic rings. The molecule has 0 saturated carbocycles. The second kappa shape index (κ2) is 8.43. The third-order valence-electron chi connectivity index (χ3n) is 6.58. The van der Waals surface area contributed by atoms with Gasteiger partial charge in [-0.05, 0) is 53.3 Å². The summed E-state index contributed by atoms with van der Waals surface area (Å²) in [5, 5.41) is 10.7. The Morgan fingerprint density at radius 3 is 2.79 bits per heavy atom. The molecule has 1 aliphatic heterocycles. The van der Waals surface area contributed by atoms with Gasteiger partial charge in [0.15, 0.2) is 0 Å². The minimum Gasteiger partial charge on any atom is -0.396 e. The highest BCUT2D eigenvalue weighted by Crippen LogP contribution is 2.41. The van der Waals surface area contributed by atoms with Crippen molar-refractivity contribution < 1.29 is 19.1 Å². The van der Waals surface area contributed by atoms with Gasteiger partial charge in [0.25, 0.3) is 5.91 Å². The van der Waals surface area contributed by atoms with Crippen LogP contribution in [0.25, 0.3) is 32.9 Å². The maximum atomic E-state index is 15.7. The molecule has 3 aromatic carbocycles. The van der Waals surface area contributed by atoms with Crippen LogP contribution in [0.4, 0.5) is 4.39 Å². The summed E-state index contributed by atoms with van der Waals surface area (Å²) in [6.45, 7) is 4.52. The standard InChI is InChI=1S/C27H24FN3O3/c1-2-23(33)31-10-8-17-16(14-31)4-3-5-18(17)24-21(28)13-20(27(29)34)26-25(24)19-7-6-15(9-11-32)12-22(19)30-26/h2-7,12-13,30,32H,1,8-11,14H2,(H2,29,34). The van der Waals surface area contributed by atoms with Gasteiger partial charge in [0.1, 0.15) is 5.82 Å². The van der Waals surface area contributed by atoms with Gasteiger partial charge in [-0.1, -0.05) is 36.9 Å². The first-order valence-corrected chi connectivity index (χ1v) is 11.1. The van der Waals surface area contributed by atoms with Crippen LogP contribution in [-0.2, 0) is 24.2 Å². The minimum atomic E-state index is -0.716. The summed E-state index contributed by atoms with van der Waals surface area (Å²) in [5.74, 6) is -1.38. The molecule has 34 heavy (non-hydrogen) atoms. The molecule has 0 aliphatic carbocycles. The fraction of sp³-hybridized carbons (Fsp3) is 0.185. The monoisotopic (exact) mass is 457 g/mol. The smallest absolute Gasteiger partial charge is 0.250 e. The van der Waals surface area contributed by atoms with Crippen LogP contribution in [0.15, 0.2) is 55.1 Å². The summed E-state index contributed by atoms with van der Waals surface area (Å²) >= 11 is 0. The molecule has 1 aromatic heterocycles. The fourth-order valence-corrected chi connectivity index (χ4v) is 5.00. The van der Waals surface area contributed by atoms with Crippen molar-refractivity contribution in [3.05, 3.63) is 83.2 Å². The van der Waals surface area contributed by atoms with Gasteiger partial charge in [-0.15, -0.1) is 0 Å².